The Balaban J connectivity index is 2.53. The van der Waals surface area contributed by atoms with Crippen molar-refractivity contribution in [1.82, 2.24) is 5.32 Å². The normalized spacial score (nSPS) is 11.9. The van der Waals surface area contributed by atoms with Crippen LogP contribution in [-0.2, 0) is 4.79 Å². The molecule has 1 atom stereocenters. The van der Waals surface area contributed by atoms with Gasteiger partial charge in [0.15, 0.2) is 0 Å². The Kier molecular flexibility index (Phi) is 5.15. The summed E-state index contributed by atoms with van der Waals surface area (Å²) in [5.74, 6) is -1.94. The maximum atomic E-state index is 11.7. The van der Waals surface area contributed by atoms with Crippen molar-refractivity contribution in [2.24, 2.45) is 5.92 Å². The average molecular weight is 316 g/mol. The van der Waals surface area contributed by atoms with Crippen molar-refractivity contribution in [2.75, 3.05) is 6.54 Å². The molecule has 0 aliphatic heterocycles. The second-order valence-electron chi connectivity index (χ2n) is 3.95. The third kappa shape index (κ3) is 4.03. The van der Waals surface area contributed by atoms with E-state index in [0.29, 0.717) is 10.9 Å². The number of hydrogen-bond donors (Lipinski definition) is 3. The maximum Gasteiger partial charge on any atom is 0.306 e. The minimum absolute atomic E-state index is 0.117. The number of halogens is 1. The second kappa shape index (κ2) is 6.39. The molecule has 0 aromatic heterocycles. The molecule has 0 spiro atoms. The van der Waals surface area contributed by atoms with E-state index < -0.39 is 17.8 Å². The van der Waals surface area contributed by atoms with Crippen molar-refractivity contribution >= 4 is 27.8 Å². The van der Waals surface area contributed by atoms with E-state index in [0.717, 1.165) is 0 Å². The summed E-state index contributed by atoms with van der Waals surface area (Å²) >= 11 is 3.18. The van der Waals surface area contributed by atoms with E-state index in [9.17, 15) is 14.7 Å². The van der Waals surface area contributed by atoms with Crippen LogP contribution in [0.3, 0.4) is 0 Å². The zero-order valence-corrected chi connectivity index (χ0v) is 11.4. The highest BCUT2D eigenvalue weighted by Crippen LogP contribution is 2.22. The molecular weight excluding hydrogens is 302 g/mol. The molecule has 5 nitrogen and oxygen atoms in total. The molecule has 1 amide bonds. The number of hydrogen-bond acceptors (Lipinski definition) is 3. The number of amides is 1. The molecule has 0 saturated carbocycles. The predicted octanol–water partition coefficient (Wildman–Crippen LogP) is 2.00. The molecule has 1 aromatic carbocycles. The van der Waals surface area contributed by atoms with Gasteiger partial charge in [-0.2, -0.15) is 0 Å². The summed E-state index contributed by atoms with van der Waals surface area (Å²) in [5.41, 5.74) is 0.168. The highest BCUT2D eigenvalue weighted by molar-refractivity contribution is 9.10. The van der Waals surface area contributed by atoms with Crippen LogP contribution in [-0.4, -0.2) is 28.6 Å². The van der Waals surface area contributed by atoms with Crippen LogP contribution in [0.1, 0.15) is 23.7 Å². The fourth-order valence-electron chi connectivity index (χ4n) is 1.32. The first-order valence-corrected chi connectivity index (χ1v) is 6.20. The number of phenolic OH excluding ortho intramolecular Hbond substituents is 1. The predicted molar refractivity (Wildman–Crippen MR) is 69.6 cm³/mol. The zero-order chi connectivity index (χ0) is 13.7. The van der Waals surface area contributed by atoms with E-state index in [1.807, 2.05) is 0 Å². The number of carbonyl (C=O) groups excluding carboxylic acids is 1. The third-order valence-electron chi connectivity index (χ3n) is 2.49. The summed E-state index contributed by atoms with van der Waals surface area (Å²) in [6.07, 6.45) is 0.346. The number of phenols is 1. The molecular formula is C12H14BrNO4. The van der Waals surface area contributed by atoms with Gasteiger partial charge in [0.05, 0.1) is 11.5 Å². The molecule has 0 aliphatic rings. The van der Waals surface area contributed by atoms with E-state index in [1.54, 1.807) is 13.0 Å². The number of carboxylic acid groups (broad SMARTS) is 1. The van der Waals surface area contributed by atoms with E-state index in [4.69, 9.17) is 5.11 Å². The Hall–Kier alpha value is -1.56. The van der Waals surface area contributed by atoms with Crippen molar-refractivity contribution in [3.05, 3.63) is 28.2 Å². The average Bonchev–Trinajstić information content (AvgIpc) is 2.28. The first-order valence-electron chi connectivity index (χ1n) is 5.41. The van der Waals surface area contributed by atoms with Gasteiger partial charge in [-0.1, -0.05) is 22.9 Å². The Morgan fingerprint density at radius 3 is 2.67 bits per heavy atom. The van der Waals surface area contributed by atoms with E-state index in [-0.39, 0.29) is 17.9 Å². The molecule has 6 heteroatoms. The largest absolute Gasteiger partial charge is 0.507 e. The highest BCUT2D eigenvalue weighted by atomic mass is 79.9. The second-order valence-corrected chi connectivity index (χ2v) is 4.86. The van der Waals surface area contributed by atoms with Crippen LogP contribution in [0.4, 0.5) is 0 Å². The molecule has 1 aromatic rings. The third-order valence-corrected chi connectivity index (χ3v) is 2.98. The highest BCUT2D eigenvalue weighted by Gasteiger charge is 2.13. The number of rotatable bonds is 5. The number of carboxylic acids is 1. The molecule has 0 aliphatic carbocycles. The fourth-order valence-corrected chi connectivity index (χ4v) is 1.67. The summed E-state index contributed by atoms with van der Waals surface area (Å²) < 4.78 is 0.677. The fraction of sp³-hybridized carbons (Fsp3) is 0.333. The van der Waals surface area contributed by atoms with Crippen molar-refractivity contribution in [3.8, 4) is 5.75 Å². The van der Waals surface area contributed by atoms with Gasteiger partial charge in [0.1, 0.15) is 5.75 Å². The van der Waals surface area contributed by atoms with Crippen molar-refractivity contribution < 1.29 is 19.8 Å². The molecule has 0 radical (unpaired) electrons. The number of benzene rings is 1. The number of nitrogens with one attached hydrogen (secondary N) is 1. The van der Waals surface area contributed by atoms with Crippen LogP contribution in [0, 0.1) is 5.92 Å². The quantitative estimate of drug-likeness (QED) is 0.775. The smallest absolute Gasteiger partial charge is 0.306 e. The monoisotopic (exact) mass is 315 g/mol. The van der Waals surface area contributed by atoms with Gasteiger partial charge in [0, 0.05) is 11.0 Å². The molecule has 0 fully saturated rings. The summed E-state index contributed by atoms with van der Waals surface area (Å²) in [7, 11) is 0. The van der Waals surface area contributed by atoms with Crippen molar-refractivity contribution in [2.45, 2.75) is 13.3 Å². The summed E-state index contributed by atoms with van der Waals surface area (Å²) in [6, 6.07) is 4.57. The maximum absolute atomic E-state index is 11.7. The van der Waals surface area contributed by atoms with Crippen molar-refractivity contribution in [1.29, 1.82) is 0 Å². The zero-order valence-electron chi connectivity index (χ0n) is 9.81. The minimum Gasteiger partial charge on any atom is -0.507 e. The molecule has 98 valence electrons. The lowest BCUT2D eigenvalue weighted by molar-refractivity contribution is -0.141. The topological polar surface area (TPSA) is 86.6 Å². The minimum atomic E-state index is -0.893. The lowest BCUT2D eigenvalue weighted by Gasteiger charge is -2.09. The van der Waals surface area contributed by atoms with Gasteiger partial charge in [-0.3, -0.25) is 9.59 Å². The summed E-state index contributed by atoms with van der Waals surface area (Å²) in [4.78, 5) is 22.3. The van der Waals surface area contributed by atoms with Gasteiger partial charge in [0.2, 0.25) is 0 Å². The summed E-state index contributed by atoms with van der Waals surface area (Å²) in [6.45, 7) is 1.83. The van der Waals surface area contributed by atoms with Gasteiger partial charge in [-0.05, 0) is 24.6 Å². The van der Waals surface area contributed by atoms with Gasteiger partial charge in [0.25, 0.3) is 5.91 Å². The first kappa shape index (κ1) is 14.5. The Bertz CT molecular complexity index is 461. The molecule has 0 bridgehead atoms. The number of aromatic hydroxyl groups is 1. The molecule has 1 rings (SSSR count). The molecule has 3 N–H and O–H groups in total. The summed E-state index contributed by atoms with van der Waals surface area (Å²) in [5, 5.41) is 20.8. The van der Waals surface area contributed by atoms with E-state index >= 15 is 0 Å². The van der Waals surface area contributed by atoms with Crippen LogP contribution in [0.25, 0.3) is 0 Å². The van der Waals surface area contributed by atoms with Gasteiger partial charge < -0.3 is 15.5 Å². The standard InChI is InChI=1S/C12H14BrNO4/c1-7(12(17)18)4-5-14-11(16)9-3-2-8(13)6-10(9)15/h2-3,6-7,15H,4-5H2,1H3,(H,14,16)(H,17,18). The molecule has 18 heavy (non-hydrogen) atoms. The van der Waals surface area contributed by atoms with E-state index in [1.165, 1.54) is 12.1 Å². The first-order chi connectivity index (χ1) is 8.41. The van der Waals surface area contributed by atoms with Gasteiger partial charge in [-0.15, -0.1) is 0 Å². The van der Waals surface area contributed by atoms with Crippen LogP contribution in [0.2, 0.25) is 0 Å². The molecule has 0 saturated heterocycles. The SMILES string of the molecule is CC(CCNC(=O)c1ccc(Br)cc1O)C(=O)O. The molecule has 0 heterocycles. The van der Waals surface area contributed by atoms with Gasteiger partial charge in [-0.25, -0.2) is 0 Å². The number of aliphatic carboxylic acids is 1. The Morgan fingerprint density at radius 2 is 2.11 bits per heavy atom. The van der Waals surface area contributed by atoms with Crippen LogP contribution >= 0.6 is 15.9 Å². The van der Waals surface area contributed by atoms with Crippen LogP contribution in [0.15, 0.2) is 22.7 Å². The van der Waals surface area contributed by atoms with Gasteiger partial charge >= 0.3 is 5.97 Å². The molecule has 1 unspecified atom stereocenters. The lowest BCUT2D eigenvalue weighted by Crippen LogP contribution is -2.27. The number of carbonyl (C=O) groups is 2. The Labute approximate surface area is 113 Å². The van der Waals surface area contributed by atoms with Crippen LogP contribution < -0.4 is 5.32 Å². The van der Waals surface area contributed by atoms with E-state index in [2.05, 4.69) is 21.2 Å². The Morgan fingerprint density at radius 1 is 1.44 bits per heavy atom. The van der Waals surface area contributed by atoms with Crippen molar-refractivity contribution in [3.63, 3.8) is 0 Å². The lowest BCUT2D eigenvalue weighted by atomic mass is 10.1. The van der Waals surface area contributed by atoms with Crippen LogP contribution in [0.5, 0.6) is 5.75 Å².